The summed E-state index contributed by atoms with van der Waals surface area (Å²) in [6.45, 7) is 3.63. The molecule has 0 spiro atoms. The maximum Gasteiger partial charge on any atom is 0.262 e. The Morgan fingerprint density at radius 3 is 2.66 bits per heavy atom. The van der Waals surface area contributed by atoms with Gasteiger partial charge in [-0.1, -0.05) is 31.9 Å². The van der Waals surface area contributed by atoms with E-state index in [9.17, 15) is 14.0 Å². The number of carbonyl (C=O) groups is 2. The molecule has 0 bridgehead atoms. The Labute approximate surface area is 199 Å². The third-order valence-corrected chi connectivity index (χ3v) is 5.10. The van der Waals surface area contributed by atoms with Crippen LogP contribution >= 0.6 is 22.6 Å². The van der Waals surface area contributed by atoms with Crippen molar-refractivity contribution in [2.24, 2.45) is 11.0 Å². The third kappa shape index (κ3) is 6.68. The van der Waals surface area contributed by atoms with Gasteiger partial charge in [0.2, 0.25) is 0 Å². The standard InChI is InChI=1S/C23H23FIN3O4/c1-5-10-32-21-18(25)11-15(12-19(21)31-4)13-26-28-23(30)20(14(2)3)27-22(29)16-8-6-7-9-17(16)24/h1,6-9,11-14,20H,10H2,2-4H3,(H,27,29)(H,28,30)/b26-13+. The minimum absolute atomic E-state index is 0.102. The molecule has 32 heavy (non-hydrogen) atoms. The number of benzene rings is 2. The van der Waals surface area contributed by atoms with Crippen molar-refractivity contribution >= 4 is 40.6 Å². The molecule has 0 aliphatic carbocycles. The molecule has 2 aromatic carbocycles. The highest BCUT2D eigenvalue weighted by molar-refractivity contribution is 14.1. The highest BCUT2D eigenvalue weighted by Gasteiger charge is 2.25. The summed E-state index contributed by atoms with van der Waals surface area (Å²) in [5.41, 5.74) is 2.92. The van der Waals surface area contributed by atoms with E-state index in [1.54, 1.807) is 32.0 Å². The number of carbonyl (C=O) groups excluding carboxylic acids is 2. The quantitative estimate of drug-likeness (QED) is 0.217. The van der Waals surface area contributed by atoms with Crippen LogP contribution in [0, 0.1) is 27.6 Å². The Bertz CT molecular complexity index is 1050. The van der Waals surface area contributed by atoms with Crippen LogP contribution in [-0.2, 0) is 4.79 Å². The van der Waals surface area contributed by atoms with E-state index in [1.165, 1.54) is 31.5 Å². The fourth-order valence-electron chi connectivity index (χ4n) is 2.71. The Morgan fingerprint density at radius 1 is 1.31 bits per heavy atom. The van der Waals surface area contributed by atoms with Crippen molar-refractivity contribution in [1.29, 1.82) is 0 Å². The number of amides is 2. The highest BCUT2D eigenvalue weighted by atomic mass is 127. The van der Waals surface area contributed by atoms with E-state index in [1.807, 2.05) is 0 Å². The molecule has 2 rings (SSSR count). The molecule has 0 aliphatic heterocycles. The number of halogens is 2. The van der Waals surface area contributed by atoms with Crippen LogP contribution in [0.2, 0.25) is 0 Å². The number of hydrogen-bond acceptors (Lipinski definition) is 5. The van der Waals surface area contributed by atoms with E-state index in [0.717, 1.165) is 3.57 Å². The average molecular weight is 551 g/mol. The summed E-state index contributed by atoms with van der Waals surface area (Å²) < 4.78 is 25.4. The second-order valence-corrected chi connectivity index (χ2v) is 8.10. The van der Waals surface area contributed by atoms with E-state index in [4.69, 9.17) is 15.9 Å². The predicted molar refractivity (Wildman–Crippen MR) is 128 cm³/mol. The molecule has 0 saturated heterocycles. The van der Waals surface area contributed by atoms with Crippen LogP contribution in [0.3, 0.4) is 0 Å². The molecule has 2 amide bonds. The lowest BCUT2D eigenvalue weighted by molar-refractivity contribution is -0.123. The topological polar surface area (TPSA) is 89.0 Å². The Morgan fingerprint density at radius 2 is 2.03 bits per heavy atom. The van der Waals surface area contributed by atoms with Crippen LogP contribution in [0.4, 0.5) is 4.39 Å². The summed E-state index contributed by atoms with van der Waals surface area (Å²) in [5, 5.41) is 6.53. The third-order valence-electron chi connectivity index (χ3n) is 4.29. The second-order valence-electron chi connectivity index (χ2n) is 6.94. The summed E-state index contributed by atoms with van der Waals surface area (Å²) in [4.78, 5) is 25.0. The van der Waals surface area contributed by atoms with Crippen LogP contribution in [0.5, 0.6) is 11.5 Å². The molecule has 2 aromatic rings. The molecular formula is C23H23FIN3O4. The van der Waals surface area contributed by atoms with E-state index >= 15 is 0 Å². The molecule has 0 heterocycles. The van der Waals surface area contributed by atoms with Crippen LogP contribution < -0.4 is 20.2 Å². The van der Waals surface area contributed by atoms with Gasteiger partial charge in [0.1, 0.15) is 18.5 Å². The Kier molecular flexibility index (Phi) is 9.46. The van der Waals surface area contributed by atoms with Gasteiger partial charge in [-0.05, 0) is 58.3 Å². The molecule has 2 N–H and O–H groups in total. The van der Waals surface area contributed by atoms with Gasteiger partial charge in [-0.15, -0.1) is 6.42 Å². The number of ether oxygens (including phenoxy) is 2. The van der Waals surface area contributed by atoms with Crippen molar-refractivity contribution in [3.63, 3.8) is 0 Å². The lowest BCUT2D eigenvalue weighted by Gasteiger charge is -2.20. The molecule has 7 nitrogen and oxygen atoms in total. The van der Waals surface area contributed by atoms with E-state index in [-0.39, 0.29) is 18.1 Å². The van der Waals surface area contributed by atoms with Gasteiger partial charge in [0.15, 0.2) is 11.5 Å². The van der Waals surface area contributed by atoms with Crippen LogP contribution in [0.1, 0.15) is 29.8 Å². The monoisotopic (exact) mass is 551 g/mol. The van der Waals surface area contributed by atoms with Crippen molar-refractivity contribution in [2.45, 2.75) is 19.9 Å². The number of nitrogens with zero attached hydrogens (tertiary/aromatic N) is 1. The first-order chi connectivity index (χ1) is 15.3. The first-order valence-electron chi connectivity index (χ1n) is 9.60. The van der Waals surface area contributed by atoms with Crippen LogP contribution in [0.25, 0.3) is 0 Å². The van der Waals surface area contributed by atoms with Gasteiger partial charge in [-0.25, -0.2) is 9.82 Å². The largest absolute Gasteiger partial charge is 0.493 e. The van der Waals surface area contributed by atoms with Gasteiger partial charge >= 0.3 is 0 Å². The Hall–Kier alpha value is -3.13. The van der Waals surface area contributed by atoms with Gasteiger partial charge < -0.3 is 14.8 Å². The van der Waals surface area contributed by atoms with E-state index in [0.29, 0.717) is 17.1 Å². The van der Waals surface area contributed by atoms with E-state index in [2.05, 4.69) is 44.4 Å². The molecule has 0 aromatic heterocycles. The molecule has 1 unspecified atom stereocenters. The van der Waals surface area contributed by atoms with Gasteiger partial charge in [-0.2, -0.15) is 5.10 Å². The lowest BCUT2D eigenvalue weighted by Crippen LogP contribution is -2.48. The number of terminal acetylenes is 1. The number of rotatable bonds is 9. The lowest BCUT2D eigenvalue weighted by atomic mass is 10.0. The summed E-state index contributed by atoms with van der Waals surface area (Å²) in [7, 11) is 1.50. The van der Waals surface area contributed by atoms with Crippen molar-refractivity contribution in [3.05, 3.63) is 56.9 Å². The highest BCUT2D eigenvalue weighted by Crippen LogP contribution is 2.33. The SMILES string of the molecule is C#CCOc1c(I)cc(/C=N/NC(=O)C(NC(=O)c2ccccc2F)C(C)C)cc1OC. The molecule has 9 heteroatoms. The van der Waals surface area contributed by atoms with Crippen molar-refractivity contribution in [1.82, 2.24) is 10.7 Å². The van der Waals surface area contributed by atoms with E-state index < -0.39 is 23.7 Å². The minimum atomic E-state index is -0.909. The minimum Gasteiger partial charge on any atom is -0.493 e. The average Bonchev–Trinajstić information content (AvgIpc) is 2.76. The fraction of sp³-hybridized carbons (Fsp3) is 0.261. The van der Waals surface area contributed by atoms with Crippen molar-refractivity contribution < 1.29 is 23.5 Å². The zero-order valence-electron chi connectivity index (χ0n) is 17.8. The van der Waals surface area contributed by atoms with Gasteiger partial charge in [0, 0.05) is 0 Å². The predicted octanol–water partition coefficient (Wildman–Crippen LogP) is 3.36. The maximum atomic E-state index is 13.9. The molecule has 0 saturated carbocycles. The zero-order valence-corrected chi connectivity index (χ0v) is 20.0. The molecule has 0 aliphatic rings. The number of hydrazone groups is 1. The van der Waals surface area contributed by atoms with Gasteiger partial charge in [-0.3, -0.25) is 9.59 Å². The molecule has 168 valence electrons. The Balaban J connectivity index is 2.10. The van der Waals surface area contributed by atoms with Crippen molar-refractivity contribution in [3.8, 4) is 23.8 Å². The smallest absolute Gasteiger partial charge is 0.262 e. The van der Waals surface area contributed by atoms with Gasteiger partial charge in [0.25, 0.3) is 11.8 Å². The molecule has 1 atom stereocenters. The second kappa shape index (κ2) is 12.0. The first-order valence-corrected chi connectivity index (χ1v) is 10.7. The maximum absolute atomic E-state index is 13.9. The normalized spacial score (nSPS) is 11.7. The number of hydrogen-bond donors (Lipinski definition) is 2. The molecule has 0 radical (unpaired) electrons. The summed E-state index contributed by atoms with van der Waals surface area (Å²) >= 11 is 2.08. The zero-order chi connectivity index (χ0) is 23.7. The number of methoxy groups -OCH3 is 1. The summed E-state index contributed by atoms with van der Waals surface area (Å²) in [6, 6.07) is 8.12. The van der Waals surface area contributed by atoms with Crippen molar-refractivity contribution in [2.75, 3.05) is 13.7 Å². The molecular weight excluding hydrogens is 528 g/mol. The van der Waals surface area contributed by atoms with Crippen LogP contribution in [0.15, 0.2) is 41.5 Å². The summed E-state index contributed by atoms with van der Waals surface area (Å²) in [5.74, 6) is 1.26. The fourth-order valence-corrected chi connectivity index (χ4v) is 3.49. The van der Waals surface area contributed by atoms with Gasteiger partial charge in [0.05, 0.1) is 22.5 Å². The summed E-state index contributed by atoms with van der Waals surface area (Å²) in [6.07, 6.45) is 6.67. The first kappa shape index (κ1) is 25.1. The number of nitrogens with one attached hydrogen (secondary N) is 2. The molecule has 0 fully saturated rings. The van der Waals surface area contributed by atoms with Crippen LogP contribution in [-0.4, -0.2) is 37.8 Å².